The van der Waals surface area contributed by atoms with Gasteiger partial charge in [-0.25, -0.2) is 9.48 Å². The maximum absolute atomic E-state index is 12.4. The van der Waals surface area contributed by atoms with Crippen LogP contribution < -0.4 is 10.1 Å². The lowest BCUT2D eigenvalue weighted by Gasteiger charge is -2.10. The number of para-hydroxylation sites is 3. The zero-order valence-electron chi connectivity index (χ0n) is 17.0. The van der Waals surface area contributed by atoms with Gasteiger partial charge in [0.1, 0.15) is 5.82 Å². The van der Waals surface area contributed by atoms with E-state index in [1.54, 1.807) is 10.7 Å². The molecular weight excluding hydrogens is 416 g/mol. The molecule has 2 aromatic carbocycles. The van der Waals surface area contributed by atoms with Crippen LogP contribution in [0.25, 0.3) is 5.69 Å². The lowest BCUT2D eigenvalue weighted by Crippen LogP contribution is -2.24. The van der Waals surface area contributed by atoms with E-state index >= 15 is 0 Å². The van der Waals surface area contributed by atoms with E-state index in [1.807, 2.05) is 36.4 Å². The fourth-order valence-electron chi connectivity index (χ4n) is 3.07. The molecule has 3 aromatic rings. The van der Waals surface area contributed by atoms with Crippen molar-refractivity contribution in [3.63, 3.8) is 0 Å². The molecule has 1 amide bonds. The van der Waals surface area contributed by atoms with E-state index < -0.39 is 30.0 Å². The first-order valence-electron chi connectivity index (χ1n) is 9.98. The highest BCUT2D eigenvalue weighted by atomic mass is 16.6. The normalized spacial score (nSPS) is 12.8. The molecule has 0 spiro atoms. The van der Waals surface area contributed by atoms with Gasteiger partial charge in [-0.2, -0.15) is 5.10 Å². The topological polar surface area (TPSA) is 126 Å². The van der Waals surface area contributed by atoms with Gasteiger partial charge in [0.05, 0.1) is 16.3 Å². The van der Waals surface area contributed by atoms with Crippen LogP contribution >= 0.6 is 0 Å². The van der Waals surface area contributed by atoms with E-state index in [0.717, 1.165) is 24.2 Å². The molecule has 164 valence electrons. The minimum atomic E-state index is -0.825. The molecule has 0 radical (unpaired) electrons. The Bertz CT molecular complexity index is 1140. The SMILES string of the molecule is O=C(COC(=O)COc1ccccc1[N+](=O)[O-])Nc1cc(C2CC2)nn1-c1ccccc1. The van der Waals surface area contributed by atoms with Crippen molar-refractivity contribution in [1.29, 1.82) is 0 Å². The number of anilines is 1. The number of carbonyl (C=O) groups excluding carboxylic acids is 2. The zero-order chi connectivity index (χ0) is 22.5. The molecule has 0 aliphatic heterocycles. The first-order valence-corrected chi connectivity index (χ1v) is 9.98. The van der Waals surface area contributed by atoms with Crippen LogP contribution in [0.2, 0.25) is 0 Å². The number of ether oxygens (including phenoxy) is 2. The number of amides is 1. The van der Waals surface area contributed by atoms with Crippen molar-refractivity contribution in [3.8, 4) is 11.4 Å². The molecule has 1 aliphatic rings. The van der Waals surface area contributed by atoms with Crippen LogP contribution in [0.3, 0.4) is 0 Å². The third-order valence-electron chi connectivity index (χ3n) is 4.76. The summed E-state index contributed by atoms with van der Waals surface area (Å²) in [5.74, 6) is -0.543. The van der Waals surface area contributed by atoms with Crippen LogP contribution in [0.15, 0.2) is 60.7 Å². The number of rotatable bonds is 9. The summed E-state index contributed by atoms with van der Waals surface area (Å²) in [6, 6.07) is 16.9. The minimum absolute atomic E-state index is 0.0572. The number of esters is 1. The van der Waals surface area contributed by atoms with E-state index in [9.17, 15) is 19.7 Å². The van der Waals surface area contributed by atoms with Gasteiger partial charge in [-0.15, -0.1) is 0 Å². The Morgan fingerprint density at radius 3 is 2.53 bits per heavy atom. The van der Waals surface area contributed by atoms with Gasteiger partial charge in [0.15, 0.2) is 19.0 Å². The lowest BCUT2D eigenvalue weighted by atomic mass is 10.3. The Balaban J connectivity index is 1.33. The Labute approximate surface area is 182 Å². The molecule has 1 fully saturated rings. The predicted molar refractivity (Wildman–Crippen MR) is 114 cm³/mol. The smallest absolute Gasteiger partial charge is 0.344 e. The quantitative estimate of drug-likeness (QED) is 0.310. The van der Waals surface area contributed by atoms with Gasteiger partial charge in [0.2, 0.25) is 0 Å². The molecule has 10 heteroatoms. The Kier molecular flexibility index (Phi) is 6.11. The van der Waals surface area contributed by atoms with Crippen molar-refractivity contribution in [1.82, 2.24) is 9.78 Å². The van der Waals surface area contributed by atoms with Crippen molar-refractivity contribution < 1.29 is 24.0 Å². The van der Waals surface area contributed by atoms with Gasteiger partial charge in [-0.05, 0) is 31.0 Å². The van der Waals surface area contributed by atoms with E-state index in [-0.39, 0.29) is 11.4 Å². The molecule has 32 heavy (non-hydrogen) atoms. The lowest BCUT2D eigenvalue weighted by molar-refractivity contribution is -0.385. The van der Waals surface area contributed by atoms with Gasteiger partial charge in [-0.3, -0.25) is 14.9 Å². The second kappa shape index (κ2) is 9.29. The highest BCUT2D eigenvalue weighted by molar-refractivity contribution is 5.92. The Morgan fingerprint density at radius 2 is 1.81 bits per heavy atom. The number of nitro groups is 1. The van der Waals surface area contributed by atoms with Crippen molar-refractivity contribution >= 4 is 23.4 Å². The Hall–Kier alpha value is -4.21. The van der Waals surface area contributed by atoms with Gasteiger partial charge in [0.25, 0.3) is 5.91 Å². The summed E-state index contributed by atoms with van der Waals surface area (Å²) in [4.78, 5) is 34.7. The standard InChI is InChI=1S/C22H20N4O6/c27-21(13-32-22(28)14-31-19-9-5-4-8-18(19)26(29)30)23-20-12-17(15-10-11-15)24-25(20)16-6-2-1-3-7-16/h1-9,12,15H,10-11,13-14H2,(H,23,27). The predicted octanol–water partition coefficient (Wildman–Crippen LogP) is 3.22. The molecule has 4 rings (SSSR count). The summed E-state index contributed by atoms with van der Waals surface area (Å²) >= 11 is 0. The van der Waals surface area contributed by atoms with Gasteiger partial charge in [0, 0.05) is 18.1 Å². The van der Waals surface area contributed by atoms with Crippen molar-refractivity contribution in [3.05, 3.63) is 76.5 Å². The molecule has 1 aliphatic carbocycles. The first kappa shape index (κ1) is 21.0. The molecule has 0 bridgehead atoms. The Morgan fingerprint density at radius 1 is 1.09 bits per heavy atom. The highest BCUT2D eigenvalue weighted by Gasteiger charge is 2.28. The largest absolute Gasteiger partial charge is 0.475 e. The third kappa shape index (κ3) is 5.09. The number of nitro benzene ring substituents is 1. The second-order valence-electron chi connectivity index (χ2n) is 7.20. The van der Waals surface area contributed by atoms with Crippen LogP contribution in [0.4, 0.5) is 11.5 Å². The molecular formula is C22H20N4O6. The second-order valence-corrected chi connectivity index (χ2v) is 7.20. The third-order valence-corrected chi connectivity index (χ3v) is 4.76. The van der Waals surface area contributed by atoms with Crippen LogP contribution in [0.1, 0.15) is 24.5 Å². The van der Waals surface area contributed by atoms with Gasteiger partial charge >= 0.3 is 11.7 Å². The monoisotopic (exact) mass is 436 g/mol. The molecule has 1 aromatic heterocycles. The number of hydrogen-bond acceptors (Lipinski definition) is 7. The van der Waals surface area contributed by atoms with Gasteiger partial charge < -0.3 is 14.8 Å². The average molecular weight is 436 g/mol. The first-order chi connectivity index (χ1) is 15.5. The summed E-state index contributed by atoms with van der Waals surface area (Å²) < 4.78 is 11.7. The highest BCUT2D eigenvalue weighted by Crippen LogP contribution is 2.40. The van der Waals surface area contributed by atoms with E-state index in [1.165, 1.54) is 18.2 Å². The van der Waals surface area contributed by atoms with Crippen molar-refractivity contribution in [2.45, 2.75) is 18.8 Å². The van der Waals surface area contributed by atoms with E-state index in [4.69, 9.17) is 9.47 Å². The number of aromatic nitrogens is 2. The number of nitrogens with one attached hydrogen (secondary N) is 1. The summed E-state index contributed by atoms with van der Waals surface area (Å²) in [6.45, 7) is -1.09. The van der Waals surface area contributed by atoms with Crippen LogP contribution in [0, 0.1) is 10.1 Å². The van der Waals surface area contributed by atoms with Crippen molar-refractivity contribution in [2.75, 3.05) is 18.5 Å². The van der Waals surface area contributed by atoms with Crippen LogP contribution in [-0.2, 0) is 14.3 Å². The van der Waals surface area contributed by atoms with E-state index in [0.29, 0.717) is 11.7 Å². The van der Waals surface area contributed by atoms with Crippen molar-refractivity contribution in [2.24, 2.45) is 0 Å². The maximum Gasteiger partial charge on any atom is 0.344 e. The summed E-state index contributed by atoms with van der Waals surface area (Å²) in [6.07, 6.45) is 2.13. The molecule has 1 heterocycles. The molecule has 0 saturated heterocycles. The molecule has 1 saturated carbocycles. The summed E-state index contributed by atoms with van der Waals surface area (Å²) in [5, 5.41) is 18.3. The number of benzene rings is 2. The zero-order valence-corrected chi connectivity index (χ0v) is 17.0. The van der Waals surface area contributed by atoms with Crippen LogP contribution in [-0.4, -0.2) is 39.8 Å². The average Bonchev–Trinajstić information content (AvgIpc) is 3.57. The van der Waals surface area contributed by atoms with Crippen LogP contribution in [0.5, 0.6) is 5.75 Å². The number of hydrogen-bond donors (Lipinski definition) is 1. The maximum atomic E-state index is 12.4. The summed E-state index contributed by atoms with van der Waals surface area (Å²) in [5.41, 5.74) is 1.43. The van der Waals surface area contributed by atoms with Gasteiger partial charge in [-0.1, -0.05) is 30.3 Å². The molecule has 0 unspecified atom stereocenters. The fraction of sp³-hybridized carbons (Fsp3) is 0.227. The minimum Gasteiger partial charge on any atom is -0.475 e. The number of nitrogens with zero attached hydrogens (tertiary/aromatic N) is 3. The number of carbonyl (C=O) groups is 2. The molecule has 1 N–H and O–H groups in total. The van der Waals surface area contributed by atoms with E-state index in [2.05, 4.69) is 10.4 Å². The fourth-order valence-corrected chi connectivity index (χ4v) is 3.07. The summed E-state index contributed by atoms with van der Waals surface area (Å²) in [7, 11) is 0. The molecule has 0 atom stereocenters. The molecule has 10 nitrogen and oxygen atoms in total.